The molecular weight excluding hydrogens is 429 g/mol. The summed E-state index contributed by atoms with van der Waals surface area (Å²) in [5.74, 6) is -1.72. The fourth-order valence-corrected chi connectivity index (χ4v) is 4.20. The number of anilines is 1. The lowest BCUT2D eigenvalue weighted by Gasteiger charge is -2.22. The van der Waals surface area contributed by atoms with Gasteiger partial charge in [0.05, 0.1) is 17.8 Å². The maximum absolute atomic E-state index is 13.3. The summed E-state index contributed by atoms with van der Waals surface area (Å²) < 4.78 is 16.6. The summed E-state index contributed by atoms with van der Waals surface area (Å²) >= 11 is 5.56. The quantitative estimate of drug-likeness (QED) is 0.421. The number of benzene rings is 2. The summed E-state index contributed by atoms with van der Waals surface area (Å²) in [7, 11) is 0. The lowest BCUT2D eigenvalue weighted by Crippen LogP contribution is -2.23. The van der Waals surface area contributed by atoms with Gasteiger partial charge in [-0.15, -0.1) is 0 Å². The minimum atomic E-state index is -1.07. The van der Waals surface area contributed by atoms with Crippen molar-refractivity contribution < 1.29 is 19.4 Å². The molecule has 0 radical (unpaired) electrons. The van der Waals surface area contributed by atoms with Crippen molar-refractivity contribution in [2.75, 3.05) is 18.0 Å². The van der Waals surface area contributed by atoms with E-state index in [-0.39, 0.29) is 22.8 Å². The van der Waals surface area contributed by atoms with Crippen LogP contribution >= 0.6 is 12.2 Å². The number of carboxylic acid groups (broad SMARTS) is 1. The highest BCUT2D eigenvalue weighted by Crippen LogP contribution is 2.27. The Morgan fingerprint density at radius 3 is 2.31 bits per heavy atom. The fraction of sp³-hybridized carbons (Fsp3) is 0.333. The van der Waals surface area contributed by atoms with Gasteiger partial charge in [-0.05, 0) is 73.9 Å². The first-order valence-corrected chi connectivity index (χ1v) is 11.1. The molecule has 0 atom stereocenters. The van der Waals surface area contributed by atoms with Gasteiger partial charge in [0, 0.05) is 25.3 Å². The normalized spacial score (nSPS) is 11.0. The van der Waals surface area contributed by atoms with Crippen LogP contribution in [0, 0.1) is 10.6 Å². The number of rotatable bonds is 10. The summed E-state index contributed by atoms with van der Waals surface area (Å²) in [6, 6.07) is 13.8. The molecule has 0 aliphatic rings. The van der Waals surface area contributed by atoms with E-state index in [0.29, 0.717) is 18.7 Å². The Kier molecular flexibility index (Phi) is 7.69. The monoisotopic (exact) mass is 457 g/mol. The molecule has 0 fully saturated rings. The molecule has 6 nitrogen and oxygen atoms in total. The standard InChI is InChI=1S/C24H28FN3O3S/c1-3-14-26(4-2)19-9-5-17(6-10-19)13-15-27-21(16-22(29)30)23(31)28(24(27)32)20-11-7-18(25)8-12-20/h5-12,31H,3-4,13-16H2,1-2H3,(H,29,30). The van der Waals surface area contributed by atoms with Gasteiger partial charge in [0.1, 0.15) is 5.82 Å². The first-order valence-electron chi connectivity index (χ1n) is 10.7. The number of carboxylic acids is 1. The van der Waals surface area contributed by atoms with Crippen molar-refractivity contribution in [3.05, 3.63) is 70.4 Å². The van der Waals surface area contributed by atoms with E-state index < -0.39 is 11.8 Å². The van der Waals surface area contributed by atoms with Crippen LogP contribution in [-0.4, -0.2) is 38.4 Å². The van der Waals surface area contributed by atoms with Crippen molar-refractivity contribution in [3.8, 4) is 11.6 Å². The Balaban J connectivity index is 1.88. The van der Waals surface area contributed by atoms with Crippen LogP contribution in [0.15, 0.2) is 48.5 Å². The highest BCUT2D eigenvalue weighted by atomic mass is 32.1. The van der Waals surface area contributed by atoms with Gasteiger partial charge in [0.15, 0.2) is 4.77 Å². The van der Waals surface area contributed by atoms with Crippen molar-refractivity contribution in [2.24, 2.45) is 0 Å². The third-order valence-electron chi connectivity index (χ3n) is 5.42. The van der Waals surface area contributed by atoms with Crippen LogP contribution in [0.1, 0.15) is 31.5 Å². The highest BCUT2D eigenvalue weighted by molar-refractivity contribution is 7.71. The molecule has 0 saturated carbocycles. The molecule has 3 aromatic rings. The average Bonchev–Trinajstić information content (AvgIpc) is 3.00. The topological polar surface area (TPSA) is 70.6 Å². The summed E-state index contributed by atoms with van der Waals surface area (Å²) in [6.07, 6.45) is 1.33. The molecule has 0 bridgehead atoms. The average molecular weight is 458 g/mol. The zero-order valence-corrected chi connectivity index (χ0v) is 19.1. The molecule has 0 unspecified atom stereocenters. The van der Waals surface area contributed by atoms with Crippen molar-refractivity contribution in [2.45, 2.75) is 39.7 Å². The molecule has 1 aromatic heterocycles. The van der Waals surface area contributed by atoms with Crippen LogP contribution in [-0.2, 0) is 24.2 Å². The lowest BCUT2D eigenvalue weighted by atomic mass is 10.1. The summed E-state index contributed by atoms with van der Waals surface area (Å²) in [4.78, 5) is 13.7. The number of halogens is 1. The molecule has 0 amide bonds. The van der Waals surface area contributed by atoms with E-state index in [0.717, 1.165) is 25.1 Å². The predicted octanol–water partition coefficient (Wildman–Crippen LogP) is 4.96. The van der Waals surface area contributed by atoms with E-state index in [4.69, 9.17) is 12.2 Å². The largest absolute Gasteiger partial charge is 0.493 e. The van der Waals surface area contributed by atoms with Crippen LogP contribution in [0.25, 0.3) is 5.69 Å². The van der Waals surface area contributed by atoms with Crippen molar-refractivity contribution in [1.29, 1.82) is 0 Å². The number of aliphatic carboxylic acids is 1. The Morgan fingerprint density at radius 1 is 1.09 bits per heavy atom. The molecule has 0 aliphatic carbocycles. The van der Waals surface area contributed by atoms with Crippen molar-refractivity contribution >= 4 is 23.9 Å². The molecule has 8 heteroatoms. The first-order chi connectivity index (χ1) is 15.3. The molecule has 0 saturated heterocycles. The second-order valence-electron chi connectivity index (χ2n) is 7.58. The molecule has 3 rings (SSSR count). The van der Waals surface area contributed by atoms with Crippen LogP contribution in [0.4, 0.5) is 10.1 Å². The summed E-state index contributed by atoms with van der Waals surface area (Å²) in [5.41, 5.74) is 2.95. The van der Waals surface area contributed by atoms with Crippen LogP contribution < -0.4 is 4.90 Å². The van der Waals surface area contributed by atoms with Crippen molar-refractivity contribution in [3.63, 3.8) is 0 Å². The predicted molar refractivity (Wildman–Crippen MR) is 126 cm³/mol. The molecular formula is C24H28FN3O3S. The Hall–Kier alpha value is -3.13. The van der Waals surface area contributed by atoms with Crippen LogP contribution in [0.5, 0.6) is 5.88 Å². The number of hydrogen-bond donors (Lipinski definition) is 2. The summed E-state index contributed by atoms with van der Waals surface area (Å²) in [6.45, 7) is 6.64. The second kappa shape index (κ2) is 10.5. The summed E-state index contributed by atoms with van der Waals surface area (Å²) in [5, 5.41) is 20.1. The van der Waals surface area contributed by atoms with Gasteiger partial charge in [-0.2, -0.15) is 0 Å². The van der Waals surface area contributed by atoms with E-state index in [9.17, 15) is 19.4 Å². The SMILES string of the molecule is CCCN(CC)c1ccc(CCn2c(CC(=O)O)c(O)n(-c3ccc(F)cc3)c2=S)cc1. The van der Waals surface area contributed by atoms with Gasteiger partial charge in [-0.25, -0.2) is 4.39 Å². The van der Waals surface area contributed by atoms with Gasteiger partial charge in [0.25, 0.3) is 0 Å². The molecule has 2 aromatic carbocycles. The maximum Gasteiger partial charge on any atom is 0.309 e. The van der Waals surface area contributed by atoms with Gasteiger partial charge >= 0.3 is 5.97 Å². The number of aromatic hydroxyl groups is 1. The number of aromatic nitrogens is 2. The third-order valence-corrected chi connectivity index (χ3v) is 5.83. The smallest absolute Gasteiger partial charge is 0.309 e. The lowest BCUT2D eigenvalue weighted by molar-refractivity contribution is -0.136. The third kappa shape index (κ3) is 5.19. The Bertz CT molecular complexity index is 1120. The number of hydrogen-bond acceptors (Lipinski definition) is 4. The van der Waals surface area contributed by atoms with Gasteiger partial charge < -0.3 is 19.7 Å². The van der Waals surface area contributed by atoms with Gasteiger partial charge in [-0.1, -0.05) is 19.1 Å². The number of nitrogens with zero attached hydrogens (tertiary/aromatic N) is 3. The molecule has 0 spiro atoms. The fourth-order valence-electron chi connectivity index (χ4n) is 3.80. The zero-order chi connectivity index (χ0) is 23.3. The van der Waals surface area contributed by atoms with Gasteiger partial charge in [-0.3, -0.25) is 9.36 Å². The van der Waals surface area contributed by atoms with Crippen LogP contribution in [0.3, 0.4) is 0 Å². The van der Waals surface area contributed by atoms with E-state index in [2.05, 4.69) is 43.0 Å². The van der Waals surface area contributed by atoms with Crippen molar-refractivity contribution in [1.82, 2.24) is 9.13 Å². The minimum Gasteiger partial charge on any atom is -0.493 e. The van der Waals surface area contributed by atoms with E-state index in [1.165, 1.54) is 34.5 Å². The maximum atomic E-state index is 13.3. The number of aryl methyl sites for hydroxylation is 1. The number of carbonyl (C=O) groups is 1. The van der Waals surface area contributed by atoms with Gasteiger partial charge in [0.2, 0.25) is 5.88 Å². The minimum absolute atomic E-state index is 0.226. The van der Waals surface area contributed by atoms with E-state index in [1.54, 1.807) is 4.57 Å². The molecule has 0 aliphatic heterocycles. The highest BCUT2D eigenvalue weighted by Gasteiger charge is 2.20. The van der Waals surface area contributed by atoms with E-state index in [1.807, 2.05) is 0 Å². The molecule has 1 heterocycles. The van der Waals surface area contributed by atoms with Crippen LogP contribution in [0.2, 0.25) is 0 Å². The molecule has 32 heavy (non-hydrogen) atoms. The zero-order valence-electron chi connectivity index (χ0n) is 18.3. The van der Waals surface area contributed by atoms with E-state index >= 15 is 0 Å². The number of imidazole rings is 1. The second-order valence-corrected chi connectivity index (χ2v) is 7.95. The molecule has 2 N–H and O–H groups in total. The Morgan fingerprint density at radius 2 is 1.75 bits per heavy atom. The molecule has 170 valence electrons. The first kappa shape index (κ1) is 23.5. The Labute approximate surface area is 192 Å².